The number of aromatic nitrogens is 3. The summed E-state index contributed by atoms with van der Waals surface area (Å²) in [6.07, 6.45) is 0. The highest BCUT2D eigenvalue weighted by Gasteiger charge is 2.18. The van der Waals surface area contributed by atoms with Crippen LogP contribution in [0.5, 0.6) is 0 Å². The number of rotatable bonds is 6. The van der Waals surface area contributed by atoms with Crippen LogP contribution in [-0.4, -0.2) is 14.8 Å². The van der Waals surface area contributed by atoms with Crippen LogP contribution in [0.15, 0.2) is 78.0 Å². The number of hydrogen-bond donors (Lipinski definition) is 0. The molecule has 4 aromatic rings. The third-order valence-corrected chi connectivity index (χ3v) is 6.45. The summed E-state index contributed by atoms with van der Waals surface area (Å²) < 4.78 is 2.08. The molecule has 0 unspecified atom stereocenters. The van der Waals surface area contributed by atoms with Crippen LogP contribution in [0.4, 0.5) is 0 Å². The second-order valence-corrected chi connectivity index (χ2v) is 8.51. The van der Waals surface area contributed by atoms with Gasteiger partial charge < -0.3 is 0 Å². The van der Waals surface area contributed by atoms with Crippen molar-refractivity contribution in [1.82, 2.24) is 14.8 Å². The Labute approximate surface area is 188 Å². The Bertz CT molecular complexity index is 1110. The molecule has 0 fully saturated rings. The zero-order chi connectivity index (χ0) is 20.2. The van der Waals surface area contributed by atoms with Crippen LogP contribution in [0.2, 0.25) is 15.1 Å². The van der Waals surface area contributed by atoms with E-state index in [1.807, 2.05) is 60.7 Å². The summed E-state index contributed by atoms with van der Waals surface area (Å²) in [5, 5.41) is 11.6. The molecule has 0 radical (unpaired) electrons. The fourth-order valence-electron chi connectivity index (χ4n) is 2.95. The lowest BCUT2D eigenvalue weighted by Gasteiger charge is -2.12. The summed E-state index contributed by atoms with van der Waals surface area (Å²) in [7, 11) is 0. The van der Waals surface area contributed by atoms with E-state index in [4.69, 9.17) is 34.8 Å². The van der Waals surface area contributed by atoms with Gasteiger partial charge in [0.15, 0.2) is 11.0 Å². The molecule has 1 heterocycles. The fraction of sp³-hybridized carbons (Fsp3) is 0.0909. The number of halogens is 3. The van der Waals surface area contributed by atoms with Gasteiger partial charge in [-0.2, -0.15) is 0 Å². The molecule has 0 aliphatic carbocycles. The summed E-state index contributed by atoms with van der Waals surface area (Å²) in [5.74, 6) is 1.32. The van der Waals surface area contributed by atoms with Gasteiger partial charge in [-0.3, -0.25) is 4.57 Å². The zero-order valence-corrected chi connectivity index (χ0v) is 18.3. The molecular weight excluding hydrogens is 445 g/mol. The van der Waals surface area contributed by atoms with E-state index in [9.17, 15) is 0 Å². The monoisotopic (exact) mass is 459 g/mol. The minimum Gasteiger partial charge on any atom is -0.297 e. The molecule has 0 saturated carbocycles. The molecule has 0 spiro atoms. The molecule has 0 N–H and O–H groups in total. The summed E-state index contributed by atoms with van der Waals surface area (Å²) in [4.78, 5) is 0. The van der Waals surface area contributed by atoms with E-state index >= 15 is 0 Å². The molecule has 0 aliphatic rings. The van der Waals surface area contributed by atoms with Crippen molar-refractivity contribution in [2.75, 3.05) is 0 Å². The van der Waals surface area contributed by atoms with Gasteiger partial charge >= 0.3 is 0 Å². The first kappa shape index (κ1) is 20.3. The Kier molecular flexibility index (Phi) is 6.46. The van der Waals surface area contributed by atoms with Crippen molar-refractivity contribution in [3.05, 3.63) is 99.0 Å². The molecule has 0 amide bonds. The Morgan fingerprint density at radius 3 is 2.10 bits per heavy atom. The van der Waals surface area contributed by atoms with Crippen LogP contribution >= 0.6 is 46.6 Å². The van der Waals surface area contributed by atoms with E-state index in [1.165, 1.54) is 0 Å². The number of benzene rings is 3. The van der Waals surface area contributed by atoms with Crippen LogP contribution in [0.1, 0.15) is 11.1 Å². The Morgan fingerprint density at radius 1 is 0.724 bits per heavy atom. The van der Waals surface area contributed by atoms with Gasteiger partial charge in [0.05, 0.1) is 11.6 Å². The molecule has 1 aromatic heterocycles. The summed E-state index contributed by atoms with van der Waals surface area (Å²) >= 11 is 20.6. The highest BCUT2D eigenvalue weighted by atomic mass is 35.5. The van der Waals surface area contributed by atoms with Gasteiger partial charge in [0.25, 0.3) is 0 Å². The molecule has 7 heteroatoms. The third kappa shape index (κ3) is 4.62. The van der Waals surface area contributed by atoms with E-state index in [-0.39, 0.29) is 0 Å². The lowest BCUT2D eigenvalue weighted by molar-refractivity contribution is 0.714. The van der Waals surface area contributed by atoms with Gasteiger partial charge in [0.1, 0.15) is 0 Å². The maximum absolute atomic E-state index is 6.43. The Balaban J connectivity index is 1.71. The standard InChI is InChI=1S/C22H16Cl3N3S/c23-18-10-5-4-9-16(18)21-26-27-22(28(21)13-15-7-2-1-3-8-15)29-14-17-19(24)11-6-12-20(17)25/h1-12H,13-14H2. The molecule has 146 valence electrons. The van der Waals surface area contributed by atoms with Gasteiger partial charge in [-0.15, -0.1) is 10.2 Å². The molecule has 29 heavy (non-hydrogen) atoms. The predicted octanol–water partition coefficient (Wildman–Crippen LogP) is 7.25. The van der Waals surface area contributed by atoms with E-state index in [1.54, 1.807) is 11.8 Å². The van der Waals surface area contributed by atoms with Crippen molar-refractivity contribution in [1.29, 1.82) is 0 Å². The second kappa shape index (κ2) is 9.23. The summed E-state index contributed by atoms with van der Waals surface area (Å²) in [5.41, 5.74) is 2.88. The topological polar surface area (TPSA) is 30.7 Å². The molecule has 0 bridgehead atoms. The maximum atomic E-state index is 6.43. The molecule has 4 rings (SSSR count). The van der Waals surface area contributed by atoms with E-state index in [2.05, 4.69) is 26.9 Å². The van der Waals surface area contributed by atoms with E-state index < -0.39 is 0 Å². The fourth-order valence-corrected chi connectivity index (χ4v) is 4.85. The van der Waals surface area contributed by atoms with Gasteiger partial charge in [-0.1, -0.05) is 95.1 Å². The molecule has 0 saturated heterocycles. The normalized spacial score (nSPS) is 11.0. The van der Waals surface area contributed by atoms with Crippen molar-refractivity contribution in [2.45, 2.75) is 17.5 Å². The van der Waals surface area contributed by atoms with Crippen LogP contribution in [0.25, 0.3) is 11.4 Å². The van der Waals surface area contributed by atoms with Crippen LogP contribution in [0, 0.1) is 0 Å². The predicted molar refractivity (Wildman–Crippen MR) is 122 cm³/mol. The number of thioether (sulfide) groups is 1. The number of hydrogen-bond acceptors (Lipinski definition) is 3. The highest BCUT2D eigenvalue weighted by Crippen LogP contribution is 2.34. The first-order valence-electron chi connectivity index (χ1n) is 8.91. The number of nitrogens with zero attached hydrogens (tertiary/aromatic N) is 3. The van der Waals surface area contributed by atoms with Crippen molar-refractivity contribution in [2.24, 2.45) is 0 Å². The third-order valence-electron chi connectivity index (χ3n) is 4.42. The lowest BCUT2D eigenvalue weighted by Crippen LogP contribution is -2.04. The van der Waals surface area contributed by atoms with Crippen molar-refractivity contribution < 1.29 is 0 Å². The van der Waals surface area contributed by atoms with E-state index in [0.717, 1.165) is 27.7 Å². The molecule has 3 nitrogen and oxygen atoms in total. The van der Waals surface area contributed by atoms with E-state index in [0.29, 0.717) is 27.4 Å². The molecule has 0 atom stereocenters. The van der Waals surface area contributed by atoms with Crippen molar-refractivity contribution >= 4 is 46.6 Å². The van der Waals surface area contributed by atoms with Crippen molar-refractivity contribution in [3.63, 3.8) is 0 Å². The highest BCUT2D eigenvalue weighted by molar-refractivity contribution is 7.98. The second-order valence-electron chi connectivity index (χ2n) is 6.35. The molecular formula is C22H16Cl3N3S. The van der Waals surface area contributed by atoms with Crippen LogP contribution in [-0.2, 0) is 12.3 Å². The minimum atomic E-state index is 0.591. The first-order valence-corrected chi connectivity index (χ1v) is 11.0. The van der Waals surface area contributed by atoms with Crippen LogP contribution < -0.4 is 0 Å². The maximum Gasteiger partial charge on any atom is 0.192 e. The lowest BCUT2D eigenvalue weighted by atomic mass is 10.2. The van der Waals surface area contributed by atoms with Crippen LogP contribution in [0.3, 0.4) is 0 Å². The smallest absolute Gasteiger partial charge is 0.192 e. The zero-order valence-electron chi connectivity index (χ0n) is 15.2. The SMILES string of the molecule is Clc1ccccc1-c1nnc(SCc2c(Cl)cccc2Cl)n1Cc1ccccc1. The van der Waals surface area contributed by atoms with Gasteiger partial charge in [-0.25, -0.2) is 0 Å². The van der Waals surface area contributed by atoms with Gasteiger partial charge in [0.2, 0.25) is 0 Å². The largest absolute Gasteiger partial charge is 0.297 e. The average Bonchev–Trinajstić information content (AvgIpc) is 3.11. The van der Waals surface area contributed by atoms with Gasteiger partial charge in [-0.05, 0) is 35.4 Å². The minimum absolute atomic E-state index is 0.591. The summed E-state index contributed by atoms with van der Waals surface area (Å²) in [6.45, 7) is 0.632. The van der Waals surface area contributed by atoms with Gasteiger partial charge in [0, 0.05) is 21.4 Å². The Morgan fingerprint density at radius 2 is 1.38 bits per heavy atom. The summed E-state index contributed by atoms with van der Waals surface area (Å²) in [6, 6.07) is 23.4. The quantitative estimate of drug-likeness (QED) is 0.284. The first-order chi connectivity index (χ1) is 14.1. The molecule has 0 aliphatic heterocycles. The molecule has 3 aromatic carbocycles. The average molecular weight is 461 g/mol. The van der Waals surface area contributed by atoms with Crippen molar-refractivity contribution in [3.8, 4) is 11.4 Å². The Hall–Kier alpha value is -1.98.